The fourth-order valence-corrected chi connectivity index (χ4v) is 4.34. The Morgan fingerprint density at radius 1 is 1.28 bits per heavy atom. The van der Waals surface area contributed by atoms with Gasteiger partial charge >= 0.3 is 5.97 Å². The first kappa shape index (κ1) is 17.5. The Kier molecular flexibility index (Phi) is 5.38. The van der Waals surface area contributed by atoms with Crippen LogP contribution in [0.25, 0.3) is 0 Å². The van der Waals surface area contributed by atoms with Crippen molar-refractivity contribution in [2.45, 2.75) is 39.0 Å². The third-order valence-electron chi connectivity index (χ3n) is 4.31. The smallest absolute Gasteiger partial charge is 0.339 e. The topological polar surface area (TPSA) is 75.6 Å². The number of aromatic carboxylic acids is 1. The van der Waals surface area contributed by atoms with Crippen LogP contribution in [0.2, 0.25) is 0 Å². The molecule has 1 aromatic carbocycles. The van der Waals surface area contributed by atoms with Crippen LogP contribution in [0.5, 0.6) is 5.75 Å². The van der Waals surface area contributed by atoms with Crippen LogP contribution < -0.4 is 10.1 Å². The van der Waals surface area contributed by atoms with Gasteiger partial charge in [0.25, 0.3) is 5.91 Å². The van der Waals surface area contributed by atoms with Crippen LogP contribution in [0, 0.1) is 0 Å². The van der Waals surface area contributed by atoms with E-state index in [1.54, 1.807) is 6.07 Å². The molecule has 0 spiro atoms. The SMILES string of the molecule is CCc1cccc(OCC(=O)Nc2sc3c(c2C(=O)O)CCCC3)c1. The zero-order valence-electron chi connectivity index (χ0n) is 14.1. The lowest BCUT2D eigenvalue weighted by atomic mass is 9.95. The predicted octanol–water partition coefficient (Wildman–Crippen LogP) is 3.91. The number of benzene rings is 1. The van der Waals surface area contributed by atoms with E-state index in [4.69, 9.17) is 4.74 Å². The second-order valence-electron chi connectivity index (χ2n) is 6.06. The average Bonchev–Trinajstić information content (AvgIpc) is 2.98. The molecule has 0 fully saturated rings. The van der Waals surface area contributed by atoms with Gasteiger partial charge in [0.15, 0.2) is 6.61 Å². The number of carbonyl (C=O) groups is 2. The highest BCUT2D eigenvalue weighted by molar-refractivity contribution is 7.17. The molecule has 1 heterocycles. The normalized spacial score (nSPS) is 13.2. The number of amides is 1. The third-order valence-corrected chi connectivity index (χ3v) is 5.52. The van der Waals surface area contributed by atoms with Crippen molar-refractivity contribution in [3.8, 4) is 5.75 Å². The lowest BCUT2D eigenvalue weighted by Gasteiger charge is -2.11. The summed E-state index contributed by atoms with van der Waals surface area (Å²) in [4.78, 5) is 24.9. The summed E-state index contributed by atoms with van der Waals surface area (Å²) in [6.45, 7) is 1.91. The van der Waals surface area contributed by atoms with Crippen molar-refractivity contribution in [1.29, 1.82) is 0 Å². The van der Waals surface area contributed by atoms with Crippen molar-refractivity contribution in [1.82, 2.24) is 0 Å². The first-order valence-electron chi connectivity index (χ1n) is 8.48. The van der Waals surface area contributed by atoms with Gasteiger partial charge in [-0.15, -0.1) is 11.3 Å². The highest BCUT2D eigenvalue weighted by Gasteiger charge is 2.26. The van der Waals surface area contributed by atoms with E-state index >= 15 is 0 Å². The molecule has 0 radical (unpaired) electrons. The number of carboxylic acids is 1. The Morgan fingerprint density at radius 3 is 2.84 bits per heavy atom. The second kappa shape index (κ2) is 7.70. The highest BCUT2D eigenvalue weighted by Crippen LogP contribution is 2.38. The van der Waals surface area contributed by atoms with Crippen molar-refractivity contribution < 1.29 is 19.4 Å². The number of carboxylic acid groups (broad SMARTS) is 1. The fraction of sp³-hybridized carbons (Fsp3) is 0.368. The third kappa shape index (κ3) is 4.02. The molecule has 0 saturated carbocycles. The number of carbonyl (C=O) groups excluding carboxylic acids is 1. The van der Waals surface area contributed by atoms with Crippen LogP contribution in [0.15, 0.2) is 24.3 Å². The number of rotatable bonds is 6. The second-order valence-corrected chi connectivity index (χ2v) is 7.16. The van der Waals surface area contributed by atoms with Gasteiger partial charge in [-0.3, -0.25) is 4.79 Å². The van der Waals surface area contributed by atoms with E-state index in [-0.39, 0.29) is 18.1 Å². The molecule has 3 rings (SSSR count). The van der Waals surface area contributed by atoms with Crippen LogP contribution >= 0.6 is 11.3 Å². The number of anilines is 1. The molecule has 1 amide bonds. The first-order chi connectivity index (χ1) is 12.1. The Balaban J connectivity index is 1.68. The fourth-order valence-electron chi connectivity index (χ4n) is 3.05. The van der Waals surface area contributed by atoms with Crippen molar-refractivity contribution >= 4 is 28.2 Å². The summed E-state index contributed by atoms with van der Waals surface area (Å²) < 4.78 is 5.53. The van der Waals surface area contributed by atoms with E-state index in [0.29, 0.717) is 10.8 Å². The number of thiophene rings is 1. The molecule has 0 atom stereocenters. The lowest BCUT2D eigenvalue weighted by Crippen LogP contribution is -2.21. The van der Waals surface area contributed by atoms with Gasteiger partial charge in [0.2, 0.25) is 0 Å². The van der Waals surface area contributed by atoms with Gasteiger partial charge in [0.05, 0.1) is 5.56 Å². The summed E-state index contributed by atoms with van der Waals surface area (Å²) >= 11 is 1.38. The predicted molar refractivity (Wildman–Crippen MR) is 97.9 cm³/mol. The van der Waals surface area contributed by atoms with Gasteiger partial charge in [-0.1, -0.05) is 19.1 Å². The summed E-state index contributed by atoms with van der Waals surface area (Å²) in [6.07, 6.45) is 4.61. The van der Waals surface area contributed by atoms with E-state index in [1.807, 2.05) is 18.2 Å². The first-order valence-corrected chi connectivity index (χ1v) is 9.29. The van der Waals surface area contributed by atoms with E-state index in [9.17, 15) is 14.7 Å². The minimum atomic E-state index is -0.980. The van der Waals surface area contributed by atoms with Gasteiger partial charge in [-0.05, 0) is 55.4 Å². The molecular weight excluding hydrogens is 338 g/mol. The van der Waals surface area contributed by atoms with E-state index in [0.717, 1.165) is 48.1 Å². The Hall–Kier alpha value is -2.34. The van der Waals surface area contributed by atoms with E-state index in [2.05, 4.69) is 12.2 Å². The summed E-state index contributed by atoms with van der Waals surface area (Å²) in [5, 5.41) is 12.7. The van der Waals surface area contributed by atoms with Crippen LogP contribution in [-0.2, 0) is 24.1 Å². The summed E-state index contributed by atoms with van der Waals surface area (Å²) in [7, 11) is 0. The minimum Gasteiger partial charge on any atom is -0.484 e. The molecule has 2 N–H and O–H groups in total. The molecule has 0 aliphatic heterocycles. The number of hydrogen-bond donors (Lipinski definition) is 2. The van der Waals surface area contributed by atoms with E-state index in [1.165, 1.54) is 11.3 Å². The Bertz CT molecular complexity index is 797. The van der Waals surface area contributed by atoms with Crippen LogP contribution in [0.3, 0.4) is 0 Å². The highest BCUT2D eigenvalue weighted by atomic mass is 32.1. The molecule has 1 aliphatic carbocycles. The number of ether oxygens (including phenoxy) is 1. The van der Waals surface area contributed by atoms with Crippen LogP contribution in [-0.4, -0.2) is 23.6 Å². The maximum atomic E-state index is 12.2. The molecular formula is C19H21NO4S. The molecule has 0 bridgehead atoms. The molecule has 25 heavy (non-hydrogen) atoms. The number of nitrogens with one attached hydrogen (secondary N) is 1. The zero-order chi connectivity index (χ0) is 17.8. The Labute approximate surface area is 150 Å². The molecule has 1 aliphatic rings. The maximum absolute atomic E-state index is 12.2. The summed E-state index contributed by atoms with van der Waals surface area (Å²) in [5.74, 6) is -0.687. The lowest BCUT2D eigenvalue weighted by molar-refractivity contribution is -0.118. The molecule has 1 aromatic heterocycles. The minimum absolute atomic E-state index is 0.144. The standard InChI is InChI=1S/C19H21NO4S/c1-2-12-6-5-7-13(10-12)24-11-16(21)20-18-17(19(22)23)14-8-3-4-9-15(14)25-18/h5-7,10H,2-4,8-9,11H2,1H3,(H,20,21)(H,22,23). The zero-order valence-corrected chi connectivity index (χ0v) is 14.9. The van der Waals surface area contributed by atoms with Crippen LogP contribution in [0.4, 0.5) is 5.00 Å². The number of hydrogen-bond acceptors (Lipinski definition) is 4. The molecule has 5 nitrogen and oxygen atoms in total. The average molecular weight is 359 g/mol. The Morgan fingerprint density at radius 2 is 2.08 bits per heavy atom. The van der Waals surface area contributed by atoms with Crippen LogP contribution in [0.1, 0.15) is 46.1 Å². The molecule has 132 valence electrons. The summed E-state index contributed by atoms with van der Waals surface area (Å²) in [5.41, 5.74) is 2.27. The van der Waals surface area contributed by atoms with Gasteiger partial charge in [0.1, 0.15) is 10.8 Å². The molecule has 2 aromatic rings. The molecule has 0 unspecified atom stereocenters. The van der Waals surface area contributed by atoms with Gasteiger partial charge < -0.3 is 15.2 Å². The number of fused-ring (bicyclic) bond motifs is 1. The molecule has 6 heteroatoms. The molecule has 0 saturated heterocycles. The van der Waals surface area contributed by atoms with Gasteiger partial charge in [-0.2, -0.15) is 0 Å². The van der Waals surface area contributed by atoms with Crippen molar-refractivity contribution in [2.24, 2.45) is 0 Å². The monoisotopic (exact) mass is 359 g/mol. The maximum Gasteiger partial charge on any atom is 0.339 e. The van der Waals surface area contributed by atoms with E-state index < -0.39 is 5.97 Å². The van der Waals surface area contributed by atoms with Gasteiger partial charge in [0, 0.05) is 4.88 Å². The quantitative estimate of drug-likeness (QED) is 0.820. The van der Waals surface area contributed by atoms with Crippen molar-refractivity contribution in [3.63, 3.8) is 0 Å². The largest absolute Gasteiger partial charge is 0.484 e. The summed E-state index contributed by atoms with van der Waals surface area (Å²) in [6, 6.07) is 7.60. The van der Waals surface area contributed by atoms with Crippen molar-refractivity contribution in [3.05, 3.63) is 45.8 Å². The van der Waals surface area contributed by atoms with Gasteiger partial charge in [-0.25, -0.2) is 4.79 Å². The number of aryl methyl sites for hydroxylation is 2. The van der Waals surface area contributed by atoms with Crippen molar-refractivity contribution in [2.75, 3.05) is 11.9 Å².